The molecule has 0 aliphatic heterocycles. The SMILES string of the molecule is C=N/C=C(\C=C/C)c1cccc(-c2cc(-c3ccccc3)nc(-c3ccc(-c4c5ccccc5c(-c5ccccc5)c5ccccc45)cc3)n2)c1. The molecule has 8 rings (SSSR count). The molecule has 0 N–H and O–H groups in total. The third kappa shape index (κ3) is 6.18. The Balaban J connectivity index is 1.27. The summed E-state index contributed by atoms with van der Waals surface area (Å²) in [6.45, 7) is 5.67. The molecule has 0 amide bonds. The van der Waals surface area contributed by atoms with Crippen molar-refractivity contribution < 1.29 is 0 Å². The zero-order valence-electron chi connectivity index (χ0n) is 28.4. The van der Waals surface area contributed by atoms with E-state index >= 15 is 0 Å². The maximum atomic E-state index is 5.15. The molecule has 8 aromatic rings. The lowest BCUT2D eigenvalue weighted by molar-refractivity contribution is 1.18. The van der Waals surface area contributed by atoms with Gasteiger partial charge in [0.25, 0.3) is 0 Å². The summed E-state index contributed by atoms with van der Waals surface area (Å²) in [6, 6.07) is 57.7. The van der Waals surface area contributed by atoms with Crippen molar-refractivity contribution in [3.63, 3.8) is 0 Å². The second-order valence-electron chi connectivity index (χ2n) is 12.5. The third-order valence-corrected chi connectivity index (χ3v) is 9.29. The molecule has 3 nitrogen and oxygen atoms in total. The van der Waals surface area contributed by atoms with Crippen LogP contribution in [0, 0.1) is 0 Å². The first kappa shape index (κ1) is 31.6. The van der Waals surface area contributed by atoms with Gasteiger partial charge in [0.05, 0.1) is 11.4 Å². The van der Waals surface area contributed by atoms with Crippen LogP contribution >= 0.6 is 0 Å². The summed E-state index contributed by atoms with van der Waals surface area (Å²) in [5, 5.41) is 4.93. The first-order chi connectivity index (χ1) is 25.2. The van der Waals surface area contributed by atoms with E-state index in [0.29, 0.717) is 5.82 Å². The Kier molecular flexibility index (Phi) is 8.68. The van der Waals surface area contributed by atoms with Crippen molar-refractivity contribution in [2.45, 2.75) is 6.92 Å². The van der Waals surface area contributed by atoms with Crippen molar-refractivity contribution >= 4 is 33.8 Å². The molecular weight excluding hydrogens is 619 g/mol. The standard InChI is InChI=1S/C48H35N3/c1-3-15-39(32-49-2)37-20-14-21-38(30-37)45-31-44(33-16-6-4-7-17-33)50-48(51-45)36-28-26-35(27-29-36)47-42-24-12-10-22-40(42)46(34-18-8-5-9-19-34)41-23-11-13-25-43(41)47/h3-32H,2H2,1H3/b15-3-,39-32+. The van der Waals surface area contributed by atoms with Gasteiger partial charge in [0, 0.05) is 22.9 Å². The molecule has 0 saturated heterocycles. The predicted octanol–water partition coefficient (Wildman–Crippen LogP) is 12.7. The number of aliphatic imine (C=N–C) groups is 1. The Morgan fingerprint density at radius 2 is 0.961 bits per heavy atom. The first-order valence-electron chi connectivity index (χ1n) is 17.2. The van der Waals surface area contributed by atoms with E-state index in [-0.39, 0.29) is 0 Å². The maximum Gasteiger partial charge on any atom is 0.160 e. The van der Waals surface area contributed by atoms with Crippen LogP contribution in [-0.4, -0.2) is 16.7 Å². The molecule has 0 fully saturated rings. The van der Waals surface area contributed by atoms with Gasteiger partial charge in [0.2, 0.25) is 0 Å². The summed E-state index contributed by atoms with van der Waals surface area (Å²) >= 11 is 0. The number of fused-ring (bicyclic) bond motifs is 2. The number of allylic oxidation sites excluding steroid dienone is 3. The molecule has 51 heavy (non-hydrogen) atoms. The molecule has 1 aromatic heterocycles. The predicted molar refractivity (Wildman–Crippen MR) is 217 cm³/mol. The molecule has 0 atom stereocenters. The van der Waals surface area contributed by atoms with Gasteiger partial charge < -0.3 is 0 Å². The lowest BCUT2D eigenvalue weighted by Crippen LogP contribution is -1.96. The molecule has 0 aliphatic rings. The average Bonchev–Trinajstić information content (AvgIpc) is 3.20. The van der Waals surface area contributed by atoms with Crippen LogP contribution in [-0.2, 0) is 0 Å². The van der Waals surface area contributed by atoms with Gasteiger partial charge >= 0.3 is 0 Å². The van der Waals surface area contributed by atoms with Gasteiger partial charge in [-0.1, -0.05) is 164 Å². The van der Waals surface area contributed by atoms with Crippen LogP contribution in [0.2, 0.25) is 0 Å². The maximum absolute atomic E-state index is 5.15. The average molecular weight is 654 g/mol. The topological polar surface area (TPSA) is 38.1 Å². The van der Waals surface area contributed by atoms with Crippen LogP contribution in [0.5, 0.6) is 0 Å². The lowest BCUT2D eigenvalue weighted by atomic mass is 9.86. The highest BCUT2D eigenvalue weighted by molar-refractivity contribution is 6.21. The largest absolute Gasteiger partial charge is 0.272 e. The monoisotopic (exact) mass is 653 g/mol. The number of benzene rings is 7. The lowest BCUT2D eigenvalue weighted by Gasteiger charge is -2.18. The minimum atomic E-state index is 0.675. The number of aromatic nitrogens is 2. The highest BCUT2D eigenvalue weighted by Crippen LogP contribution is 2.43. The number of nitrogens with zero attached hydrogens (tertiary/aromatic N) is 3. The molecule has 0 unspecified atom stereocenters. The van der Waals surface area contributed by atoms with Crippen molar-refractivity contribution in [1.82, 2.24) is 9.97 Å². The van der Waals surface area contributed by atoms with Crippen LogP contribution in [0.1, 0.15) is 12.5 Å². The van der Waals surface area contributed by atoms with Crippen LogP contribution in [0.4, 0.5) is 0 Å². The van der Waals surface area contributed by atoms with Crippen molar-refractivity contribution in [2.24, 2.45) is 4.99 Å². The Hall–Kier alpha value is -6.71. The van der Waals surface area contributed by atoms with Crippen LogP contribution in [0.15, 0.2) is 187 Å². The fourth-order valence-corrected chi connectivity index (χ4v) is 6.97. The Bertz CT molecular complexity index is 2530. The highest BCUT2D eigenvalue weighted by Gasteiger charge is 2.17. The number of hydrogen-bond donors (Lipinski definition) is 0. The van der Waals surface area contributed by atoms with Gasteiger partial charge in [-0.2, -0.15) is 0 Å². The fourth-order valence-electron chi connectivity index (χ4n) is 6.97. The minimum absolute atomic E-state index is 0.675. The minimum Gasteiger partial charge on any atom is -0.272 e. The summed E-state index contributed by atoms with van der Waals surface area (Å²) in [4.78, 5) is 14.3. The molecule has 0 spiro atoms. The van der Waals surface area contributed by atoms with Crippen molar-refractivity contribution in [1.29, 1.82) is 0 Å². The van der Waals surface area contributed by atoms with Gasteiger partial charge in [0.15, 0.2) is 5.82 Å². The molecule has 0 bridgehead atoms. The summed E-state index contributed by atoms with van der Waals surface area (Å²) < 4.78 is 0. The van der Waals surface area contributed by atoms with Crippen LogP contribution in [0.25, 0.3) is 83.3 Å². The second-order valence-corrected chi connectivity index (χ2v) is 12.5. The third-order valence-electron chi connectivity index (χ3n) is 9.29. The van der Waals surface area contributed by atoms with Crippen LogP contribution < -0.4 is 0 Å². The zero-order valence-corrected chi connectivity index (χ0v) is 28.4. The van der Waals surface area contributed by atoms with Crippen LogP contribution in [0.3, 0.4) is 0 Å². The van der Waals surface area contributed by atoms with E-state index in [1.807, 2.05) is 37.3 Å². The smallest absolute Gasteiger partial charge is 0.160 e. The molecule has 3 heteroatoms. The molecular formula is C48H35N3. The number of hydrogen-bond acceptors (Lipinski definition) is 3. The zero-order chi connectivity index (χ0) is 34.6. The quantitative estimate of drug-likeness (QED) is 0.0930. The van der Waals surface area contributed by atoms with E-state index in [0.717, 1.165) is 44.8 Å². The van der Waals surface area contributed by atoms with Gasteiger partial charge in [-0.05, 0) is 80.7 Å². The van der Waals surface area contributed by atoms with E-state index in [9.17, 15) is 0 Å². The van der Waals surface area contributed by atoms with Crippen molar-refractivity contribution in [2.75, 3.05) is 0 Å². The first-order valence-corrected chi connectivity index (χ1v) is 17.2. The van der Waals surface area contributed by atoms with E-state index in [1.54, 1.807) is 6.20 Å². The van der Waals surface area contributed by atoms with E-state index in [4.69, 9.17) is 9.97 Å². The molecule has 242 valence electrons. The normalized spacial score (nSPS) is 11.7. The molecule has 0 aliphatic carbocycles. The van der Waals surface area contributed by atoms with Gasteiger partial charge in [-0.3, -0.25) is 4.99 Å². The van der Waals surface area contributed by atoms with E-state index in [1.165, 1.54) is 38.2 Å². The summed E-state index contributed by atoms with van der Waals surface area (Å²) in [7, 11) is 0. The number of rotatable bonds is 8. The molecule has 0 saturated carbocycles. The molecule has 7 aromatic carbocycles. The Morgan fingerprint density at radius 3 is 1.51 bits per heavy atom. The van der Waals surface area contributed by atoms with Crippen molar-refractivity contribution in [3.05, 3.63) is 188 Å². The second kappa shape index (κ2) is 14.0. The van der Waals surface area contributed by atoms with Crippen molar-refractivity contribution in [3.8, 4) is 56.2 Å². The van der Waals surface area contributed by atoms with Gasteiger partial charge in [-0.25, -0.2) is 9.97 Å². The van der Waals surface area contributed by atoms with E-state index in [2.05, 4.69) is 157 Å². The summed E-state index contributed by atoms with van der Waals surface area (Å²) in [6.07, 6.45) is 5.83. The highest BCUT2D eigenvalue weighted by atomic mass is 14.9. The fraction of sp³-hybridized carbons (Fsp3) is 0.0208. The molecule has 1 heterocycles. The van der Waals surface area contributed by atoms with Gasteiger partial charge in [-0.15, -0.1) is 0 Å². The summed E-state index contributed by atoms with van der Waals surface area (Å²) in [5.41, 5.74) is 11.6. The van der Waals surface area contributed by atoms with E-state index < -0.39 is 0 Å². The summed E-state index contributed by atoms with van der Waals surface area (Å²) in [5.74, 6) is 0.675. The Labute approximate surface area is 298 Å². The molecule has 0 radical (unpaired) electrons. The van der Waals surface area contributed by atoms with Gasteiger partial charge in [0.1, 0.15) is 0 Å². The Morgan fingerprint density at radius 1 is 0.490 bits per heavy atom.